The highest BCUT2D eigenvalue weighted by molar-refractivity contribution is 8.00. The van der Waals surface area contributed by atoms with E-state index < -0.39 is 11.2 Å². The van der Waals surface area contributed by atoms with Crippen LogP contribution in [0.2, 0.25) is 0 Å². The number of nitrogens with zero attached hydrogens (tertiary/aromatic N) is 7. The predicted molar refractivity (Wildman–Crippen MR) is 201 cm³/mol. The normalized spacial score (nSPS) is 18.7. The molecule has 7 rings (SSSR count). The van der Waals surface area contributed by atoms with Gasteiger partial charge in [-0.2, -0.15) is 10.2 Å². The zero-order chi connectivity index (χ0) is 35.5. The minimum atomic E-state index is -1.00. The number of hydrogen-bond acceptors (Lipinski definition) is 11. The van der Waals surface area contributed by atoms with E-state index in [-0.39, 0.29) is 12.0 Å². The molecule has 0 saturated carbocycles. The van der Waals surface area contributed by atoms with Crippen LogP contribution in [0.15, 0.2) is 73.2 Å². The third-order valence-electron chi connectivity index (χ3n) is 9.37. The van der Waals surface area contributed by atoms with Crippen LogP contribution in [0.1, 0.15) is 32.3 Å². The van der Waals surface area contributed by atoms with Gasteiger partial charge in [0.2, 0.25) is 11.8 Å². The number of aromatic nitrogens is 6. The number of benzene rings is 2. The molecular weight excluding hydrogens is 665 g/mol. The van der Waals surface area contributed by atoms with Crippen LogP contribution in [0.25, 0.3) is 39.1 Å². The maximum atomic E-state index is 13.4. The Morgan fingerprint density at radius 1 is 1.08 bits per heavy atom. The Balaban J connectivity index is 0.922. The molecule has 1 unspecified atom stereocenters. The third-order valence-corrected chi connectivity index (χ3v) is 10.6. The first-order valence-corrected chi connectivity index (χ1v) is 18.4. The van der Waals surface area contributed by atoms with Crippen molar-refractivity contribution in [2.24, 2.45) is 7.05 Å². The van der Waals surface area contributed by atoms with Gasteiger partial charge in [-0.1, -0.05) is 30.3 Å². The monoisotopic (exact) mass is 708 g/mol. The van der Waals surface area contributed by atoms with Crippen molar-refractivity contribution in [3.63, 3.8) is 0 Å². The number of amides is 1. The van der Waals surface area contributed by atoms with E-state index >= 15 is 0 Å². The number of H-pyrrole nitrogens is 1. The van der Waals surface area contributed by atoms with Crippen molar-refractivity contribution in [3.05, 3.63) is 78.8 Å². The summed E-state index contributed by atoms with van der Waals surface area (Å²) in [7, 11) is 1.86. The van der Waals surface area contributed by atoms with E-state index in [4.69, 9.17) is 4.74 Å². The Bertz CT molecular complexity index is 2010. The molecule has 1 fully saturated rings. The van der Waals surface area contributed by atoms with Crippen LogP contribution in [0, 0.1) is 0 Å². The molecule has 0 bridgehead atoms. The minimum Gasteiger partial charge on any atom is -0.475 e. The number of carbonyl (C=O) groups is 1. The van der Waals surface area contributed by atoms with Gasteiger partial charge in [0, 0.05) is 67.7 Å². The molecule has 266 valence electrons. The Hall–Kier alpha value is -4.76. The van der Waals surface area contributed by atoms with Gasteiger partial charge in [-0.15, -0.1) is 11.8 Å². The molecule has 3 aromatic heterocycles. The summed E-state index contributed by atoms with van der Waals surface area (Å²) in [6.07, 6.45) is 8.29. The van der Waals surface area contributed by atoms with Crippen LogP contribution in [0.4, 0.5) is 5.69 Å². The standard InChI is InChI=1S/C37H44N10O3S/c1-24(2)50-32-12-9-28(20-38-32)34-30-19-29(10-11-31(30)42-43-34)40-36(49)41-37(51-4)15-18-46(22-37)21-33(48)47-16-13-26(14-17-47)25-5-7-27(8-6-25)35-39-23-45(3)44-35/h5-13,19-20,23-24,36,40-41,49H,14-18,21-22H2,1-4H3,(H,42,43)/t36?,37-/m0/s1. The van der Waals surface area contributed by atoms with Gasteiger partial charge in [-0.3, -0.25) is 24.8 Å². The van der Waals surface area contributed by atoms with E-state index in [2.05, 4.69) is 59.0 Å². The summed E-state index contributed by atoms with van der Waals surface area (Å²) in [5.74, 6) is 1.40. The van der Waals surface area contributed by atoms with Crippen LogP contribution < -0.4 is 15.4 Å². The molecule has 51 heavy (non-hydrogen) atoms. The first-order valence-electron chi connectivity index (χ1n) is 17.2. The molecule has 0 spiro atoms. The Kier molecular flexibility index (Phi) is 10.1. The van der Waals surface area contributed by atoms with Crippen molar-refractivity contribution in [1.82, 2.24) is 45.1 Å². The molecule has 1 amide bonds. The van der Waals surface area contributed by atoms with Crippen molar-refractivity contribution in [2.75, 3.05) is 44.3 Å². The van der Waals surface area contributed by atoms with Crippen molar-refractivity contribution in [2.45, 2.75) is 44.0 Å². The van der Waals surface area contributed by atoms with Crippen molar-refractivity contribution in [3.8, 4) is 28.5 Å². The highest BCUT2D eigenvalue weighted by Gasteiger charge is 2.39. The second-order valence-electron chi connectivity index (χ2n) is 13.4. The van der Waals surface area contributed by atoms with Gasteiger partial charge >= 0.3 is 0 Å². The zero-order valence-electron chi connectivity index (χ0n) is 29.3. The van der Waals surface area contributed by atoms with Gasteiger partial charge in [-0.25, -0.2) is 9.97 Å². The maximum Gasteiger partial charge on any atom is 0.237 e. The van der Waals surface area contributed by atoms with Gasteiger partial charge in [0.05, 0.1) is 23.0 Å². The molecule has 0 radical (unpaired) electrons. The molecule has 2 aliphatic heterocycles. The molecule has 4 N–H and O–H groups in total. The molecule has 2 aliphatic rings. The Morgan fingerprint density at radius 2 is 1.88 bits per heavy atom. The molecule has 1 saturated heterocycles. The number of likely N-dealkylation sites (tertiary alicyclic amines) is 1. The quantitative estimate of drug-likeness (QED) is 0.135. The number of hydrogen-bond donors (Lipinski definition) is 4. The molecule has 13 nitrogen and oxygen atoms in total. The van der Waals surface area contributed by atoms with Crippen LogP contribution >= 0.6 is 11.8 Å². The topological polar surface area (TPSA) is 149 Å². The molecule has 5 heterocycles. The van der Waals surface area contributed by atoms with E-state index in [0.717, 1.165) is 58.4 Å². The number of ether oxygens (including phenoxy) is 1. The lowest BCUT2D eigenvalue weighted by molar-refractivity contribution is -0.131. The molecule has 14 heteroatoms. The van der Waals surface area contributed by atoms with Crippen LogP contribution in [-0.2, 0) is 11.8 Å². The molecule has 0 aliphatic carbocycles. The van der Waals surface area contributed by atoms with Crippen LogP contribution in [0.3, 0.4) is 0 Å². The number of aliphatic hydroxyl groups excluding tert-OH is 1. The average Bonchev–Trinajstić information content (AvgIpc) is 3.87. The van der Waals surface area contributed by atoms with Crippen molar-refractivity contribution >= 4 is 39.8 Å². The summed E-state index contributed by atoms with van der Waals surface area (Å²) >= 11 is 1.66. The van der Waals surface area contributed by atoms with E-state index in [1.807, 2.05) is 74.5 Å². The van der Waals surface area contributed by atoms with Gasteiger partial charge < -0.3 is 20.1 Å². The summed E-state index contributed by atoms with van der Waals surface area (Å²) in [5, 5.41) is 30.6. The minimum absolute atomic E-state index is 0.0441. The lowest BCUT2D eigenvalue weighted by Crippen LogP contribution is -2.53. The second-order valence-corrected chi connectivity index (χ2v) is 14.6. The number of pyridine rings is 1. The first-order chi connectivity index (χ1) is 24.7. The molecule has 2 atom stereocenters. The fourth-order valence-electron chi connectivity index (χ4n) is 6.69. The fourth-order valence-corrected chi connectivity index (χ4v) is 7.53. The van der Waals surface area contributed by atoms with Gasteiger partial charge in [0.1, 0.15) is 12.0 Å². The van der Waals surface area contributed by atoms with Crippen molar-refractivity contribution in [1.29, 1.82) is 0 Å². The first kappa shape index (κ1) is 34.7. The molecular formula is C37H44N10O3S. The van der Waals surface area contributed by atoms with Gasteiger partial charge in [-0.05, 0) is 68.3 Å². The summed E-state index contributed by atoms with van der Waals surface area (Å²) in [6.45, 7) is 6.96. The average molecular weight is 709 g/mol. The smallest absolute Gasteiger partial charge is 0.237 e. The SMILES string of the molecule is CS[C@@]1(NC(O)Nc2ccc3[nH]nc(-c4ccc(OC(C)C)nc4)c3c2)CCN(CC(=O)N2CC=C(c3ccc(-c4ncn(C)n4)cc3)CC2)C1. The number of aromatic amines is 1. The maximum absolute atomic E-state index is 13.4. The number of anilines is 1. The Morgan fingerprint density at radius 3 is 2.57 bits per heavy atom. The van der Waals surface area contributed by atoms with E-state index in [0.29, 0.717) is 37.9 Å². The summed E-state index contributed by atoms with van der Waals surface area (Å²) in [5.41, 5.74) is 6.65. The number of nitrogens with one attached hydrogen (secondary N) is 3. The van der Waals surface area contributed by atoms with Gasteiger partial charge in [0.25, 0.3) is 0 Å². The number of aliphatic hydroxyl groups is 1. The molecule has 2 aromatic carbocycles. The fraction of sp³-hybridized carbons (Fsp3) is 0.378. The Labute approximate surface area is 301 Å². The number of fused-ring (bicyclic) bond motifs is 1. The number of aryl methyl sites for hydroxylation is 1. The van der Waals surface area contributed by atoms with E-state index in [1.54, 1.807) is 29.0 Å². The van der Waals surface area contributed by atoms with Crippen molar-refractivity contribution < 1.29 is 14.6 Å². The number of thioether (sulfide) groups is 1. The van der Waals surface area contributed by atoms with Crippen LogP contribution in [-0.4, -0.2) is 107 Å². The molecule has 5 aromatic rings. The summed E-state index contributed by atoms with van der Waals surface area (Å²) < 4.78 is 7.38. The largest absolute Gasteiger partial charge is 0.475 e. The summed E-state index contributed by atoms with van der Waals surface area (Å²) in [6, 6.07) is 17.9. The number of carbonyl (C=O) groups excluding carboxylic acids is 1. The number of rotatable bonds is 12. The lowest BCUT2D eigenvalue weighted by Gasteiger charge is -2.33. The lowest BCUT2D eigenvalue weighted by atomic mass is 9.98. The zero-order valence-corrected chi connectivity index (χ0v) is 30.2. The predicted octanol–water partition coefficient (Wildman–Crippen LogP) is 4.57. The van der Waals surface area contributed by atoms with Gasteiger partial charge in [0.15, 0.2) is 12.2 Å². The highest BCUT2D eigenvalue weighted by Crippen LogP contribution is 2.33. The van der Waals surface area contributed by atoms with E-state index in [9.17, 15) is 9.90 Å². The van der Waals surface area contributed by atoms with Crippen LogP contribution in [0.5, 0.6) is 5.88 Å². The summed E-state index contributed by atoms with van der Waals surface area (Å²) in [4.78, 5) is 25.8. The van der Waals surface area contributed by atoms with E-state index in [1.165, 1.54) is 5.57 Å². The second kappa shape index (κ2) is 14.8. The third kappa shape index (κ3) is 7.94. The highest BCUT2D eigenvalue weighted by atomic mass is 32.2.